The van der Waals surface area contributed by atoms with E-state index >= 15 is 0 Å². The number of H-pyrrole nitrogens is 1. The van der Waals surface area contributed by atoms with E-state index in [0.29, 0.717) is 24.3 Å². The van der Waals surface area contributed by atoms with Crippen LogP contribution in [0.15, 0.2) is 71.5 Å². The van der Waals surface area contributed by atoms with Crippen molar-refractivity contribution in [3.63, 3.8) is 0 Å². The Balaban J connectivity index is 1.60. The average Bonchev–Trinajstić information content (AvgIpc) is 2.67. The molecule has 3 rings (SSSR count). The van der Waals surface area contributed by atoms with Gasteiger partial charge in [0, 0.05) is 43.0 Å². The van der Waals surface area contributed by atoms with Gasteiger partial charge in [-0.2, -0.15) is 5.10 Å². The zero-order valence-corrected chi connectivity index (χ0v) is 14.5. The van der Waals surface area contributed by atoms with Gasteiger partial charge in [0.1, 0.15) is 0 Å². The summed E-state index contributed by atoms with van der Waals surface area (Å²) in [6.07, 6.45) is 0.381. The molecule has 1 aromatic heterocycles. The van der Waals surface area contributed by atoms with Gasteiger partial charge in [-0.1, -0.05) is 30.3 Å². The first-order chi connectivity index (χ1) is 12.6. The molecule has 0 unspecified atom stereocenters. The highest BCUT2D eigenvalue weighted by molar-refractivity contribution is 5.91. The van der Waals surface area contributed by atoms with Gasteiger partial charge in [0.05, 0.1) is 5.69 Å². The number of benzene rings is 2. The number of anilines is 2. The Morgan fingerprint density at radius 1 is 1.08 bits per heavy atom. The first-order valence-corrected chi connectivity index (χ1v) is 8.34. The molecule has 2 aromatic carbocycles. The number of para-hydroxylation sites is 1. The van der Waals surface area contributed by atoms with Crippen molar-refractivity contribution in [2.75, 3.05) is 23.8 Å². The van der Waals surface area contributed by atoms with Crippen molar-refractivity contribution in [1.82, 2.24) is 10.2 Å². The molecule has 0 spiro atoms. The summed E-state index contributed by atoms with van der Waals surface area (Å²) in [6.45, 7) is 0.622. The molecular weight excluding hydrogens is 328 g/mol. The highest BCUT2D eigenvalue weighted by Crippen LogP contribution is 2.20. The van der Waals surface area contributed by atoms with Gasteiger partial charge in [-0.25, -0.2) is 5.10 Å². The van der Waals surface area contributed by atoms with Crippen LogP contribution < -0.4 is 15.8 Å². The summed E-state index contributed by atoms with van der Waals surface area (Å²) >= 11 is 0. The lowest BCUT2D eigenvalue weighted by Gasteiger charge is -2.18. The minimum atomic E-state index is -0.249. The molecule has 0 aliphatic heterocycles. The summed E-state index contributed by atoms with van der Waals surface area (Å²) in [5.41, 5.74) is 2.99. The molecule has 0 aliphatic rings. The van der Waals surface area contributed by atoms with E-state index in [-0.39, 0.29) is 11.5 Å². The molecule has 0 radical (unpaired) electrons. The van der Waals surface area contributed by atoms with Crippen LogP contribution >= 0.6 is 0 Å². The van der Waals surface area contributed by atoms with E-state index in [1.54, 1.807) is 6.07 Å². The molecule has 26 heavy (non-hydrogen) atoms. The summed E-state index contributed by atoms with van der Waals surface area (Å²) < 4.78 is 0. The van der Waals surface area contributed by atoms with Crippen LogP contribution in [0.2, 0.25) is 0 Å². The van der Waals surface area contributed by atoms with Crippen molar-refractivity contribution in [3.05, 3.63) is 77.1 Å². The van der Waals surface area contributed by atoms with Gasteiger partial charge in [0.15, 0.2) is 0 Å². The van der Waals surface area contributed by atoms with Gasteiger partial charge >= 0.3 is 0 Å². The second-order valence-electron chi connectivity index (χ2n) is 5.94. The van der Waals surface area contributed by atoms with Crippen molar-refractivity contribution in [2.45, 2.75) is 6.42 Å². The molecular formula is C20H20N4O2. The van der Waals surface area contributed by atoms with E-state index in [4.69, 9.17) is 0 Å². The standard InChI is InChI=1S/C20H20N4O2/c1-24(17-8-3-2-4-9-17)13-12-19(25)21-16-7-5-6-15(14-16)18-10-11-20(26)23-22-18/h2-11,14H,12-13H2,1H3,(H,21,25)(H,23,26). The second kappa shape index (κ2) is 8.11. The Hall–Kier alpha value is -3.41. The zero-order valence-electron chi connectivity index (χ0n) is 14.5. The van der Waals surface area contributed by atoms with E-state index in [1.807, 2.05) is 66.5 Å². The average molecular weight is 348 g/mol. The van der Waals surface area contributed by atoms with Crippen molar-refractivity contribution >= 4 is 17.3 Å². The molecule has 0 fully saturated rings. The van der Waals surface area contributed by atoms with Gasteiger partial charge in [-0.15, -0.1) is 0 Å². The largest absolute Gasteiger partial charge is 0.374 e. The molecule has 3 aromatic rings. The van der Waals surface area contributed by atoms with Gasteiger partial charge in [0.2, 0.25) is 5.91 Å². The predicted octanol–water partition coefficient (Wildman–Crippen LogP) is 2.90. The third kappa shape index (κ3) is 4.57. The van der Waals surface area contributed by atoms with E-state index in [1.165, 1.54) is 6.07 Å². The lowest BCUT2D eigenvalue weighted by Crippen LogP contribution is -2.23. The number of aromatic nitrogens is 2. The van der Waals surface area contributed by atoms with Gasteiger partial charge in [-0.3, -0.25) is 9.59 Å². The van der Waals surface area contributed by atoms with E-state index in [2.05, 4.69) is 15.5 Å². The highest BCUT2D eigenvalue weighted by Gasteiger charge is 2.07. The summed E-state index contributed by atoms with van der Waals surface area (Å²) in [7, 11) is 1.96. The Morgan fingerprint density at radius 2 is 1.88 bits per heavy atom. The lowest BCUT2D eigenvalue weighted by atomic mass is 10.1. The van der Waals surface area contributed by atoms with Crippen molar-refractivity contribution in [2.24, 2.45) is 0 Å². The molecule has 0 saturated carbocycles. The molecule has 132 valence electrons. The number of aromatic amines is 1. The number of amides is 1. The number of rotatable bonds is 6. The fraction of sp³-hybridized carbons (Fsp3) is 0.150. The van der Waals surface area contributed by atoms with Crippen LogP contribution in [0.3, 0.4) is 0 Å². The molecule has 6 heteroatoms. The maximum atomic E-state index is 12.2. The van der Waals surface area contributed by atoms with Crippen LogP contribution in [0.5, 0.6) is 0 Å². The Bertz CT molecular complexity index is 917. The third-order valence-corrected chi connectivity index (χ3v) is 3.99. The molecule has 1 amide bonds. The van der Waals surface area contributed by atoms with Gasteiger partial charge in [-0.05, 0) is 30.3 Å². The Labute approximate surface area is 151 Å². The molecule has 1 heterocycles. The normalized spacial score (nSPS) is 10.3. The van der Waals surface area contributed by atoms with Crippen LogP contribution in [0.4, 0.5) is 11.4 Å². The van der Waals surface area contributed by atoms with Crippen molar-refractivity contribution < 1.29 is 4.79 Å². The first-order valence-electron chi connectivity index (χ1n) is 8.34. The smallest absolute Gasteiger partial charge is 0.264 e. The Kier molecular flexibility index (Phi) is 5.43. The number of nitrogens with zero attached hydrogens (tertiary/aromatic N) is 2. The van der Waals surface area contributed by atoms with E-state index in [9.17, 15) is 9.59 Å². The van der Waals surface area contributed by atoms with Crippen molar-refractivity contribution in [3.8, 4) is 11.3 Å². The molecule has 2 N–H and O–H groups in total. The summed E-state index contributed by atoms with van der Waals surface area (Å²) in [4.78, 5) is 25.4. The number of carbonyl (C=O) groups is 1. The molecule has 6 nitrogen and oxygen atoms in total. The van der Waals surface area contributed by atoms with Crippen LogP contribution in [-0.2, 0) is 4.79 Å². The molecule has 0 atom stereocenters. The summed E-state index contributed by atoms with van der Waals surface area (Å²) in [5, 5.41) is 9.32. The fourth-order valence-corrected chi connectivity index (χ4v) is 2.57. The minimum Gasteiger partial charge on any atom is -0.374 e. The lowest BCUT2D eigenvalue weighted by molar-refractivity contribution is -0.116. The molecule has 0 bridgehead atoms. The Morgan fingerprint density at radius 3 is 2.62 bits per heavy atom. The van der Waals surface area contributed by atoms with Crippen LogP contribution in [0.1, 0.15) is 6.42 Å². The fourth-order valence-electron chi connectivity index (χ4n) is 2.57. The van der Waals surface area contributed by atoms with E-state index in [0.717, 1.165) is 11.3 Å². The number of hydrogen-bond donors (Lipinski definition) is 2. The van der Waals surface area contributed by atoms with Crippen LogP contribution in [0.25, 0.3) is 11.3 Å². The van der Waals surface area contributed by atoms with Crippen LogP contribution in [0, 0.1) is 0 Å². The second-order valence-corrected chi connectivity index (χ2v) is 5.94. The topological polar surface area (TPSA) is 78.1 Å². The first kappa shape index (κ1) is 17.4. The van der Waals surface area contributed by atoms with Gasteiger partial charge < -0.3 is 10.2 Å². The molecule has 0 aliphatic carbocycles. The maximum Gasteiger partial charge on any atom is 0.264 e. The number of hydrogen-bond acceptors (Lipinski definition) is 4. The SMILES string of the molecule is CN(CCC(=O)Nc1cccc(-c2ccc(=O)[nH]n2)c1)c1ccccc1. The van der Waals surface area contributed by atoms with E-state index < -0.39 is 0 Å². The highest BCUT2D eigenvalue weighted by atomic mass is 16.1. The molecule has 0 saturated heterocycles. The minimum absolute atomic E-state index is 0.0561. The van der Waals surface area contributed by atoms with Crippen LogP contribution in [-0.4, -0.2) is 29.7 Å². The predicted molar refractivity (Wildman–Crippen MR) is 103 cm³/mol. The third-order valence-electron chi connectivity index (χ3n) is 3.99. The van der Waals surface area contributed by atoms with Gasteiger partial charge in [0.25, 0.3) is 5.56 Å². The monoisotopic (exact) mass is 348 g/mol. The summed E-state index contributed by atoms with van der Waals surface area (Å²) in [5.74, 6) is -0.0561. The zero-order chi connectivity index (χ0) is 18.4. The number of carbonyl (C=O) groups excluding carboxylic acids is 1. The maximum absolute atomic E-state index is 12.2. The number of nitrogens with one attached hydrogen (secondary N) is 2. The summed E-state index contributed by atoms with van der Waals surface area (Å²) in [6, 6.07) is 20.4. The van der Waals surface area contributed by atoms with Crippen molar-refractivity contribution in [1.29, 1.82) is 0 Å². The quantitative estimate of drug-likeness (QED) is 0.718.